The molecule has 1 aliphatic rings. The van der Waals surface area contributed by atoms with Crippen LogP contribution >= 0.6 is 11.8 Å². The standard InChI is InChI=1S/C15H20F2N2S/c1-9-7-11(17)12(8-10(9)16)18-14-19-13(5-6-20-14)15(2,3)4/h7-8,13H,5-6H2,1-4H3,(H,18,19). The highest BCUT2D eigenvalue weighted by Crippen LogP contribution is 2.31. The fourth-order valence-electron chi connectivity index (χ4n) is 2.06. The van der Waals surface area contributed by atoms with Gasteiger partial charge in [-0.2, -0.15) is 0 Å². The van der Waals surface area contributed by atoms with Gasteiger partial charge >= 0.3 is 0 Å². The molecular weight excluding hydrogens is 278 g/mol. The van der Waals surface area contributed by atoms with E-state index in [1.54, 1.807) is 18.7 Å². The Morgan fingerprint density at radius 3 is 2.60 bits per heavy atom. The van der Waals surface area contributed by atoms with E-state index in [1.807, 2.05) is 0 Å². The van der Waals surface area contributed by atoms with Gasteiger partial charge in [-0.15, -0.1) is 0 Å². The third-order valence-electron chi connectivity index (χ3n) is 3.39. The molecule has 0 saturated carbocycles. The quantitative estimate of drug-likeness (QED) is 0.820. The van der Waals surface area contributed by atoms with Gasteiger partial charge in [0.2, 0.25) is 0 Å². The van der Waals surface area contributed by atoms with Gasteiger partial charge in [0, 0.05) is 11.8 Å². The Morgan fingerprint density at radius 2 is 1.95 bits per heavy atom. The van der Waals surface area contributed by atoms with E-state index >= 15 is 0 Å². The van der Waals surface area contributed by atoms with Crippen LogP contribution in [0.25, 0.3) is 0 Å². The fraction of sp³-hybridized carbons (Fsp3) is 0.533. The van der Waals surface area contributed by atoms with Crippen LogP contribution in [-0.2, 0) is 0 Å². The number of hydrogen-bond acceptors (Lipinski definition) is 3. The average Bonchev–Trinajstić information content (AvgIpc) is 2.35. The molecule has 2 nitrogen and oxygen atoms in total. The molecule has 1 heterocycles. The summed E-state index contributed by atoms with van der Waals surface area (Å²) in [6.07, 6.45) is 1.00. The molecule has 0 aliphatic carbocycles. The first kappa shape index (κ1) is 15.3. The monoisotopic (exact) mass is 298 g/mol. The molecule has 1 unspecified atom stereocenters. The SMILES string of the molecule is Cc1cc(F)c(NC2=NC(C(C)(C)C)CCS2)cc1F. The predicted octanol–water partition coefficient (Wildman–Crippen LogP) is 4.59. The number of benzene rings is 1. The minimum Gasteiger partial charge on any atom is -0.333 e. The number of hydrogen-bond donors (Lipinski definition) is 1. The summed E-state index contributed by atoms with van der Waals surface area (Å²) < 4.78 is 27.3. The largest absolute Gasteiger partial charge is 0.333 e. The number of aryl methyl sites for hydroxylation is 1. The molecule has 5 heteroatoms. The minimum atomic E-state index is -0.454. The summed E-state index contributed by atoms with van der Waals surface area (Å²) in [7, 11) is 0. The Balaban J connectivity index is 2.21. The molecule has 0 spiro atoms. The average molecular weight is 298 g/mol. The van der Waals surface area contributed by atoms with E-state index in [-0.39, 0.29) is 17.1 Å². The first-order valence-electron chi connectivity index (χ1n) is 6.70. The highest BCUT2D eigenvalue weighted by atomic mass is 32.2. The highest BCUT2D eigenvalue weighted by Gasteiger charge is 2.27. The van der Waals surface area contributed by atoms with Crippen molar-refractivity contribution in [2.45, 2.75) is 40.2 Å². The van der Waals surface area contributed by atoms with Gasteiger partial charge in [-0.3, -0.25) is 4.99 Å². The summed E-state index contributed by atoms with van der Waals surface area (Å²) in [5.41, 5.74) is 0.526. The lowest BCUT2D eigenvalue weighted by atomic mass is 9.85. The van der Waals surface area contributed by atoms with Crippen LogP contribution < -0.4 is 5.32 Å². The summed E-state index contributed by atoms with van der Waals surface area (Å²) in [6.45, 7) is 7.97. The first-order chi connectivity index (χ1) is 9.27. The maximum absolute atomic E-state index is 13.8. The van der Waals surface area contributed by atoms with Crippen molar-refractivity contribution in [3.8, 4) is 0 Å². The van der Waals surface area contributed by atoms with Gasteiger partial charge < -0.3 is 5.32 Å². The van der Waals surface area contributed by atoms with Crippen LogP contribution in [0.3, 0.4) is 0 Å². The van der Waals surface area contributed by atoms with E-state index in [0.717, 1.165) is 12.2 Å². The third-order valence-corrected chi connectivity index (χ3v) is 4.31. The molecule has 1 N–H and O–H groups in total. The van der Waals surface area contributed by atoms with E-state index in [2.05, 4.69) is 31.1 Å². The molecule has 110 valence electrons. The number of amidine groups is 1. The van der Waals surface area contributed by atoms with Crippen LogP contribution in [0.5, 0.6) is 0 Å². The molecule has 1 aromatic rings. The van der Waals surface area contributed by atoms with Crippen molar-refractivity contribution in [3.05, 3.63) is 29.3 Å². The molecule has 0 aromatic heterocycles. The van der Waals surface area contributed by atoms with Crippen LogP contribution in [0.15, 0.2) is 17.1 Å². The van der Waals surface area contributed by atoms with Crippen LogP contribution in [0.4, 0.5) is 14.5 Å². The Labute approximate surface area is 123 Å². The Hall–Kier alpha value is -1.10. The van der Waals surface area contributed by atoms with E-state index < -0.39 is 11.6 Å². The zero-order valence-electron chi connectivity index (χ0n) is 12.3. The normalized spacial score (nSPS) is 19.7. The van der Waals surface area contributed by atoms with E-state index in [0.29, 0.717) is 10.7 Å². The summed E-state index contributed by atoms with van der Waals surface area (Å²) in [5, 5.41) is 3.58. The number of thioether (sulfide) groups is 1. The minimum absolute atomic E-state index is 0.0744. The number of nitrogens with one attached hydrogen (secondary N) is 1. The van der Waals surface area contributed by atoms with Gasteiger partial charge in [0.05, 0.1) is 11.7 Å². The molecule has 2 rings (SSSR count). The number of aliphatic imine (C=N–C) groups is 1. The Kier molecular flexibility index (Phi) is 4.37. The zero-order valence-corrected chi connectivity index (χ0v) is 13.1. The molecule has 0 bridgehead atoms. The van der Waals surface area contributed by atoms with Crippen molar-refractivity contribution in [3.63, 3.8) is 0 Å². The van der Waals surface area contributed by atoms with Gasteiger partial charge in [0.25, 0.3) is 0 Å². The molecule has 0 radical (unpaired) electrons. The van der Waals surface area contributed by atoms with Crippen LogP contribution in [-0.4, -0.2) is 17.0 Å². The van der Waals surface area contributed by atoms with Gasteiger partial charge in [-0.25, -0.2) is 8.78 Å². The zero-order chi connectivity index (χ0) is 14.9. The van der Waals surface area contributed by atoms with Crippen molar-refractivity contribution in [1.29, 1.82) is 0 Å². The summed E-state index contributed by atoms with van der Waals surface area (Å²) in [6, 6.07) is 2.59. The lowest BCUT2D eigenvalue weighted by Gasteiger charge is -2.31. The Morgan fingerprint density at radius 1 is 1.25 bits per heavy atom. The van der Waals surface area contributed by atoms with Crippen LogP contribution in [0.2, 0.25) is 0 Å². The molecule has 1 aliphatic heterocycles. The fourth-order valence-corrected chi connectivity index (χ4v) is 2.98. The van der Waals surface area contributed by atoms with Crippen molar-refractivity contribution < 1.29 is 8.78 Å². The maximum atomic E-state index is 13.8. The second kappa shape index (κ2) is 5.72. The number of halogens is 2. The van der Waals surface area contributed by atoms with Crippen molar-refractivity contribution in [2.75, 3.05) is 11.1 Å². The smallest absolute Gasteiger partial charge is 0.161 e. The van der Waals surface area contributed by atoms with Gasteiger partial charge in [-0.1, -0.05) is 32.5 Å². The topological polar surface area (TPSA) is 24.4 Å². The Bertz CT molecular complexity index is 535. The van der Waals surface area contributed by atoms with E-state index in [9.17, 15) is 8.78 Å². The van der Waals surface area contributed by atoms with Crippen LogP contribution in [0, 0.1) is 24.0 Å². The lowest BCUT2D eigenvalue weighted by Crippen LogP contribution is -2.30. The number of nitrogens with zero attached hydrogens (tertiary/aromatic N) is 1. The lowest BCUT2D eigenvalue weighted by molar-refractivity contribution is 0.316. The number of anilines is 1. The summed E-state index contributed by atoms with van der Waals surface area (Å²) >= 11 is 1.55. The predicted molar refractivity (Wildman–Crippen MR) is 82.5 cm³/mol. The number of rotatable bonds is 1. The summed E-state index contributed by atoms with van der Waals surface area (Å²) in [4.78, 5) is 4.62. The van der Waals surface area contributed by atoms with Gasteiger partial charge in [0.1, 0.15) is 11.6 Å². The molecule has 0 amide bonds. The van der Waals surface area contributed by atoms with E-state index in [4.69, 9.17) is 0 Å². The van der Waals surface area contributed by atoms with Crippen LogP contribution in [0.1, 0.15) is 32.8 Å². The van der Waals surface area contributed by atoms with E-state index in [1.165, 1.54) is 12.1 Å². The second-order valence-corrected chi connectivity index (χ2v) is 7.24. The van der Waals surface area contributed by atoms with Crippen molar-refractivity contribution in [1.82, 2.24) is 0 Å². The molecular formula is C15H20F2N2S. The van der Waals surface area contributed by atoms with Crippen molar-refractivity contribution in [2.24, 2.45) is 10.4 Å². The molecule has 20 heavy (non-hydrogen) atoms. The summed E-state index contributed by atoms with van der Waals surface area (Å²) in [5.74, 6) is 0.0664. The second-order valence-electron chi connectivity index (χ2n) is 6.16. The molecule has 0 fully saturated rings. The first-order valence-corrected chi connectivity index (χ1v) is 7.69. The van der Waals surface area contributed by atoms with Crippen molar-refractivity contribution >= 4 is 22.6 Å². The molecule has 1 atom stereocenters. The third kappa shape index (κ3) is 3.51. The highest BCUT2D eigenvalue weighted by molar-refractivity contribution is 8.14. The maximum Gasteiger partial charge on any atom is 0.161 e. The van der Waals surface area contributed by atoms with Gasteiger partial charge in [-0.05, 0) is 30.4 Å². The van der Waals surface area contributed by atoms with Gasteiger partial charge in [0.15, 0.2) is 5.17 Å². The molecule has 0 saturated heterocycles. The molecule has 1 aromatic carbocycles.